The molecule has 0 saturated carbocycles. The minimum Gasteiger partial charge on any atom is -0.493 e. The fourth-order valence-electron chi connectivity index (χ4n) is 7.09. The van der Waals surface area contributed by atoms with Gasteiger partial charge in [0.25, 0.3) is 23.6 Å². The highest BCUT2D eigenvalue weighted by Gasteiger charge is 2.46. The number of sulfone groups is 1. The van der Waals surface area contributed by atoms with Crippen LogP contribution in [0.1, 0.15) is 79.2 Å². The van der Waals surface area contributed by atoms with Gasteiger partial charge in [0.05, 0.1) is 86.3 Å². The van der Waals surface area contributed by atoms with Gasteiger partial charge < -0.3 is 29.6 Å². The predicted molar refractivity (Wildman–Crippen MR) is 210 cm³/mol. The molecular formula is C40H43N5O13S. The molecule has 0 bridgehead atoms. The maximum absolute atomic E-state index is 13.9. The number of carbonyl (C=O) groups is 7. The number of benzene rings is 3. The fourth-order valence-corrected chi connectivity index (χ4v) is 8.00. The molecule has 2 atom stereocenters. The first-order valence-corrected chi connectivity index (χ1v) is 20.8. The van der Waals surface area contributed by atoms with E-state index < -0.39 is 69.0 Å². The van der Waals surface area contributed by atoms with Crippen molar-refractivity contribution in [1.29, 1.82) is 0 Å². The molecule has 3 aromatic carbocycles. The Hall–Kier alpha value is -6.18. The molecule has 6 rings (SSSR count). The summed E-state index contributed by atoms with van der Waals surface area (Å²) >= 11 is 0. The molecule has 1 fully saturated rings. The number of carbonyl (C=O) groups excluding carboxylic acids is 7. The summed E-state index contributed by atoms with van der Waals surface area (Å²) in [7, 11) is -2.26. The molecule has 59 heavy (non-hydrogen) atoms. The Morgan fingerprint density at radius 2 is 1.53 bits per heavy atom. The molecular weight excluding hydrogens is 791 g/mol. The molecule has 3 N–H and O–H groups in total. The zero-order valence-electron chi connectivity index (χ0n) is 32.5. The second-order valence-electron chi connectivity index (χ2n) is 13.8. The number of hydrogen-bond acceptors (Lipinski definition) is 14. The van der Waals surface area contributed by atoms with E-state index in [2.05, 4.69) is 16.0 Å². The van der Waals surface area contributed by atoms with Crippen LogP contribution in [0.15, 0.2) is 54.6 Å². The number of ether oxygens (including phenoxy) is 4. The van der Waals surface area contributed by atoms with E-state index in [1.54, 1.807) is 31.2 Å². The van der Waals surface area contributed by atoms with Crippen molar-refractivity contribution in [2.24, 2.45) is 0 Å². The van der Waals surface area contributed by atoms with Crippen LogP contribution >= 0.6 is 0 Å². The zero-order valence-corrected chi connectivity index (χ0v) is 33.3. The summed E-state index contributed by atoms with van der Waals surface area (Å²) in [5.74, 6) is -4.20. The topological polar surface area (TPSA) is 233 Å². The maximum atomic E-state index is 13.9. The van der Waals surface area contributed by atoms with Gasteiger partial charge in [-0.15, -0.1) is 0 Å². The van der Waals surface area contributed by atoms with E-state index in [0.717, 1.165) is 16.1 Å². The molecule has 1 saturated heterocycles. The Morgan fingerprint density at radius 3 is 2.20 bits per heavy atom. The van der Waals surface area contributed by atoms with Crippen LogP contribution in [0.2, 0.25) is 0 Å². The summed E-state index contributed by atoms with van der Waals surface area (Å²) < 4.78 is 47.3. The summed E-state index contributed by atoms with van der Waals surface area (Å²) in [4.78, 5) is 92.6. The normalized spacial score (nSPS) is 16.8. The van der Waals surface area contributed by atoms with Gasteiger partial charge in [-0.05, 0) is 55.3 Å². The summed E-state index contributed by atoms with van der Waals surface area (Å²) in [5.41, 5.74) is 1.07. The Morgan fingerprint density at radius 1 is 0.847 bits per heavy atom. The van der Waals surface area contributed by atoms with Crippen molar-refractivity contribution in [2.75, 3.05) is 69.3 Å². The Labute approximate surface area is 339 Å². The first kappa shape index (κ1) is 42.4. The average Bonchev–Trinajstić information content (AvgIpc) is 3.60. The first-order valence-electron chi connectivity index (χ1n) is 18.8. The number of nitrogens with one attached hydrogen (secondary N) is 3. The molecule has 3 aromatic rings. The number of nitrogens with zero attached hydrogens (tertiary/aromatic N) is 2. The van der Waals surface area contributed by atoms with E-state index >= 15 is 0 Å². The number of piperidine rings is 1. The van der Waals surface area contributed by atoms with Crippen LogP contribution in [0.4, 0.5) is 11.4 Å². The summed E-state index contributed by atoms with van der Waals surface area (Å²) in [6.07, 6.45) is 0.985. The highest BCUT2D eigenvalue weighted by atomic mass is 32.2. The number of amides is 7. The Bertz CT molecular complexity index is 2310. The van der Waals surface area contributed by atoms with Gasteiger partial charge in [-0.1, -0.05) is 18.2 Å². The molecule has 0 aromatic heterocycles. The molecule has 3 aliphatic heterocycles. The van der Waals surface area contributed by atoms with Crippen LogP contribution in [0.5, 0.6) is 11.5 Å². The quantitative estimate of drug-likeness (QED) is 0.116. The zero-order chi connectivity index (χ0) is 42.4. The van der Waals surface area contributed by atoms with Gasteiger partial charge in [0, 0.05) is 24.9 Å². The van der Waals surface area contributed by atoms with Crippen molar-refractivity contribution in [3.8, 4) is 11.5 Å². The van der Waals surface area contributed by atoms with Gasteiger partial charge in [-0.3, -0.25) is 48.7 Å². The van der Waals surface area contributed by atoms with Crippen LogP contribution in [-0.4, -0.2) is 124 Å². The molecule has 18 nitrogen and oxygen atoms in total. The smallest absolute Gasteiger partial charge is 0.264 e. The van der Waals surface area contributed by atoms with E-state index in [4.69, 9.17) is 18.9 Å². The van der Waals surface area contributed by atoms with Crippen molar-refractivity contribution in [3.05, 3.63) is 82.4 Å². The Kier molecular flexibility index (Phi) is 13.1. The molecule has 312 valence electrons. The number of hydrogen-bond donors (Lipinski definition) is 3. The van der Waals surface area contributed by atoms with E-state index in [0.29, 0.717) is 22.7 Å². The average molecular weight is 834 g/mol. The van der Waals surface area contributed by atoms with Crippen LogP contribution in [0.3, 0.4) is 0 Å². The second-order valence-corrected chi connectivity index (χ2v) is 16.0. The number of imide groups is 3. The van der Waals surface area contributed by atoms with Crippen molar-refractivity contribution in [1.82, 2.24) is 15.1 Å². The summed E-state index contributed by atoms with van der Waals surface area (Å²) in [6.45, 7) is 2.84. The van der Waals surface area contributed by atoms with Crippen LogP contribution in [-0.2, 0) is 33.7 Å². The van der Waals surface area contributed by atoms with E-state index in [9.17, 15) is 42.0 Å². The van der Waals surface area contributed by atoms with E-state index in [1.165, 1.54) is 37.4 Å². The number of fused-ring (bicyclic) bond motifs is 2. The third-order valence-electron chi connectivity index (χ3n) is 9.74. The maximum Gasteiger partial charge on any atom is 0.264 e. The van der Waals surface area contributed by atoms with E-state index in [-0.39, 0.29) is 86.8 Å². The highest BCUT2D eigenvalue weighted by molar-refractivity contribution is 7.90. The standard InChI is InChI=1S/C40H43N5O13S/c1-4-58-31-21-23(11-13-30(31)55-2)29(22-59(3,53)54)45-38(50)25-8-6-10-27(35(25)40(45)52)42-33(47)15-17-56-19-20-57-18-16-41-26-9-5-7-24-34(26)39(51)44(37(24)49)28-12-14-32(46)43-36(28)48/h5-11,13,21,28-29,41H,4,12,14-20,22H2,1-3H3,(H,42,47)(H,43,46,48)/t28?,29-/m1/s1. The number of rotatable bonds is 19. The van der Waals surface area contributed by atoms with Crippen LogP contribution in [0.25, 0.3) is 0 Å². The fraction of sp³-hybridized carbons (Fsp3) is 0.375. The van der Waals surface area contributed by atoms with Crippen LogP contribution in [0, 0.1) is 0 Å². The monoisotopic (exact) mass is 833 g/mol. The molecule has 1 unspecified atom stereocenters. The molecule has 0 aliphatic carbocycles. The molecule has 3 heterocycles. The van der Waals surface area contributed by atoms with Crippen molar-refractivity contribution < 1.29 is 60.9 Å². The van der Waals surface area contributed by atoms with Crippen molar-refractivity contribution >= 4 is 62.6 Å². The lowest BCUT2D eigenvalue weighted by Crippen LogP contribution is -2.54. The predicted octanol–water partition coefficient (Wildman–Crippen LogP) is 2.35. The molecule has 19 heteroatoms. The third-order valence-corrected chi connectivity index (χ3v) is 10.7. The number of methoxy groups -OCH3 is 1. The molecule has 3 aliphatic rings. The first-order chi connectivity index (χ1) is 28.2. The van der Waals surface area contributed by atoms with Gasteiger partial charge in [0.1, 0.15) is 15.9 Å². The largest absolute Gasteiger partial charge is 0.493 e. The minimum absolute atomic E-state index is 0.00745. The molecule has 7 amide bonds. The SMILES string of the molecule is CCOc1cc([C@@H](CS(C)(=O)=O)N2C(=O)c3cccc(NC(=O)CCOCCOCCNc4cccc5c4C(=O)N(C4CCC(=O)NC4=O)C5=O)c3C2=O)ccc1OC. The van der Waals surface area contributed by atoms with Crippen molar-refractivity contribution in [2.45, 2.75) is 38.3 Å². The lowest BCUT2D eigenvalue weighted by Gasteiger charge is -2.27. The van der Waals surface area contributed by atoms with Gasteiger partial charge >= 0.3 is 0 Å². The lowest BCUT2D eigenvalue weighted by molar-refractivity contribution is -0.136. The minimum atomic E-state index is -3.71. The second kappa shape index (κ2) is 18.2. The van der Waals surface area contributed by atoms with Gasteiger partial charge in [0.2, 0.25) is 17.7 Å². The lowest BCUT2D eigenvalue weighted by atomic mass is 10.0. The van der Waals surface area contributed by atoms with Gasteiger partial charge in [-0.2, -0.15) is 0 Å². The van der Waals surface area contributed by atoms with Crippen LogP contribution < -0.4 is 25.4 Å². The number of anilines is 2. The molecule has 0 radical (unpaired) electrons. The van der Waals surface area contributed by atoms with Gasteiger partial charge in [0.15, 0.2) is 11.5 Å². The third kappa shape index (κ3) is 9.27. The summed E-state index contributed by atoms with van der Waals surface area (Å²) in [6, 6.07) is 11.6. The van der Waals surface area contributed by atoms with E-state index in [1.807, 2.05) is 0 Å². The highest BCUT2D eigenvalue weighted by Crippen LogP contribution is 2.39. The summed E-state index contributed by atoms with van der Waals surface area (Å²) in [5, 5.41) is 7.92. The van der Waals surface area contributed by atoms with Crippen molar-refractivity contribution in [3.63, 3.8) is 0 Å². The Balaban J connectivity index is 0.972. The molecule has 0 spiro atoms. The van der Waals surface area contributed by atoms with Gasteiger partial charge in [-0.25, -0.2) is 8.42 Å².